The molecule has 2 N–H and O–H groups in total. The predicted octanol–water partition coefficient (Wildman–Crippen LogP) is 1.60. The quantitative estimate of drug-likeness (QED) is 0.871. The maximum absolute atomic E-state index is 5.63. The lowest BCUT2D eigenvalue weighted by molar-refractivity contribution is 0.381. The molecule has 0 spiro atoms. The van der Waals surface area contributed by atoms with E-state index in [9.17, 15) is 0 Å². The van der Waals surface area contributed by atoms with Crippen molar-refractivity contribution in [2.75, 3.05) is 12.8 Å². The average molecular weight is 244 g/mol. The van der Waals surface area contributed by atoms with Crippen LogP contribution in [0.2, 0.25) is 0 Å². The third-order valence-electron chi connectivity index (χ3n) is 3.45. The summed E-state index contributed by atoms with van der Waals surface area (Å²) in [5.41, 5.74) is 6.87. The molecule has 5 heteroatoms. The number of para-hydroxylation sites is 1. The number of aryl methyl sites for hydroxylation is 1. The zero-order valence-electron chi connectivity index (χ0n) is 10.3. The summed E-state index contributed by atoms with van der Waals surface area (Å²) in [6, 6.07) is 8.16. The maximum atomic E-state index is 5.63. The Morgan fingerprint density at radius 1 is 1.39 bits per heavy atom. The lowest BCUT2D eigenvalue weighted by Crippen LogP contribution is -2.20. The lowest BCUT2D eigenvalue weighted by Gasteiger charge is -2.24. The third kappa shape index (κ3) is 1.81. The Kier molecular flexibility index (Phi) is 2.66. The molecule has 1 aliphatic rings. The smallest absolute Gasteiger partial charge is 0.239 e. The monoisotopic (exact) mass is 244 g/mol. The highest BCUT2D eigenvalue weighted by atomic mass is 16.5. The van der Waals surface area contributed by atoms with Crippen molar-refractivity contribution in [3.63, 3.8) is 0 Å². The van der Waals surface area contributed by atoms with Gasteiger partial charge in [-0.25, -0.2) is 4.68 Å². The second kappa shape index (κ2) is 4.33. The molecule has 2 heterocycles. The lowest BCUT2D eigenvalue weighted by atomic mass is 9.91. The fourth-order valence-corrected chi connectivity index (χ4v) is 2.59. The number of anilines is 1. The van der Waals surface area contributed by atoms with Crippen LogP contribution in [0.4, 0.5) is 5.95 Å². The zero-order valence-corrected chi connectivity index (χ0v) is 10.3. The van der Waals surface area contributed by atoms with Gasteiger partial charge in [-0.1, -0.05) is 18.2 Å². The van der Waals surface area contributed by atoms with Crippen LogP contribution >= 0.6 is 0 Å². The maximum Gasteiger partial charge on any atom is 0.239 e. The number of fused-ring (bicyclic) bond motifs is 1. The van der Waals surface area contributed by atoms with Crippen LogP contribution in [-0.2, 0) is 13.0 Å². The number of hydrogen-bond acceptors (Lipinski definition) is 4. The highest BCUT2D eigenvalue weighted by Gasteiger charge is 2.24. The van der Waals surface area contributed by atoms with Gasteiger partial charge in [-0.05, 0) is 18.1 Å². The summed E-state index contributed by atoms with van der Waals surface area (Å²) in [4.78, 5) is 4.22. The molecule has 0 amide bonds. The molecule has 0 saturated carbocycles. The van der Waals surface area contributed by atoms with Crippen LogP contribution in [-0.4, -0.2) is 21.9 Å². The molecular formula is C13H16N4O. The van der Waals surface area contributed by atoms with E-state index in [1.165, 1.54) is 5.56 Å². The zero-order chi connectivity index (χ0) is 12.5. The van der Waals surface area contributed by atoms with Gasteiger partial charge in [0.1, 0.15) is 11.6 Å². The van der Waals surface area contributed by atoms with Crippen molar-refractivity contribution in [2.24, 2.45) is 0 Å². The Morgan fingerprint density at radius 3 is 3.06 bits per heavy atom. The van der Waals surface area contributed by atoms with Crippen molar-refractivity contribution in [1.29, 1.82) is 0 Å². The number of nitrogens with zero attached hydrogens (tertiary/aromatic N) is 3. The van der Waals surface area contributed by atoms with Crippen LogP contribution in [0.5, 0.6) is 5.75 Å². The highest BCUT2D eigenvalue weighted by Crippen LogP contribution is 2.33. The Labute approximate surface area is 106 Å². The van der Waals surface area contributed by atoms with Gasteiger partial charge in [0.25, 0.3) is 0 Å². The fourth-order valence-electron chi connectivity index (χ4n) is 2.59. The number of hydrogen-bond donors (Lipinski definition) is 1. The van der Waals surface area contributed by atoms with Gasteiger partial charge in [-0.2, -0.15) is 4.98 Å². The molecule has 0 bridgehead atoms. The van der Waals surface area contributed by atoms with E-state index in [0.29, 0.717) is 11.9 Å². The highest BCUT2D eigenvalue weighted by molar-refractivity contribution is 5.36. The van der Waals surface area contributed by atoms with Gasteiger partial charge >= 0.3 is 0 Å². The molecule has 3 rings (SSSR count). The number of aromatic nitrogens is 3. The molecule has 0 saturated heterocycles. The topological polar surface area (TPSA) is 66.0 Å². The minimum absolute atomic E-state index is 0.366. The second-order valence-electron chi connectivity index (χ2n) is 4.55. The normalized spacial score (nSPS) is 18.4. The Hall–Kier alpha value is -2.04. The Bertz CT molecular complexity index is 564. The Morgan fingerprint density at radius 2 is 2.22 bits per heavy atom. The molecule has 1 aliphatic heterocycles. The van der Waals surface area contributed by atoms with E-state index < -0.39 is 0 Å². The first-order chi connectivity index (χ1) is 8.78. The van der Waals surface area contributed by atoms with Crippen LogP contribution in [0, 0.1) is 0 Å². The number of methoxy groups -OCH3 is 1. The van der Waals surface area contributed by atoms with Crippen LogP contribution in [0.15, 0.2) is 24.3 Å². The molecule has 1 aromatic heterocycles. The number of ether oxygens (including phenoxy) is 1. The van der Waals surface area contributed by atoms with Crippen molar-refractivity contribution in [1.82, 2.24) is 14.8 Å². The van der Waals surface area contributed by atoms with Gasteiger partial charge in [0.15, 0.2) is 0 Å². The first-order valence-corrected chi connectivity index (χ1v) is 6.10. The summed E-state index contributed by atoms with van der Waals surface area (Å²) in [5, 5.41) is 4.22. The summed E-state index contributed by atoms with van der Waals surface area (Å²) in [5.74, 6) is 2.71. The van der Waals surface area contributed by atoms with Crippen molar-refractivity contribution in [3.8, 4) is 5.75 Å². The van der Waals surface area contributed by atoms with E-state index >= 15 is 0 Å². The summed E-state index contributed by atoms with van der Waals surface area (Å²) >= 11 is 0. The number of benzene rings is 1. The minimum Gasteiger partial charge on any atom is -0.496 e. The molecule has 1 aromatic carbocycles. The Balaban J connectivity index is 1.91. The van der Waals surface area contributed by atoms with Crippen molar-refractivity contribution < 1.29 is 4.74 Å². The standard InChI is InChI=1S/C13H16N4O/c1-18-11-5-3-2-4-10(11)9-6-7-12-15-13(14)16-17(12)8-9/h2-5,9H,6-8H2,1H3,(H2,14,16). The van der Waals surface area contributed by atoms with Crippen LogP contribution in [0.25, 0.3) is 0 Å². The number of nitrogen functional groups attached to an aromatic ring is 1. The predicted molar refractivity (Wildman–Crippen MR) is 68.5 cm³/mol. The second-order valence-corrected chi connectivity index (χ2v) is 4.55. The van der Waals surface area contributed by atoms with Gasteiger partial charge in [0, 0.05) is 12.3 Å². The largest absolute Gasteiger partial charge is 0.496 e. The third-order valence-corrected chi connectivity index (χ3v) is 3.45. The van der Waals surface area contributed by atoms with Crippen molar-refractivity contribution >= 4 is 5.95 Å². The molecule has 0 radical (unpaired) electrons. The van der Waals surface area contributed by atoms with Crippen LogP contribution in [0.1, 0.15) is 23.7 Å². The van der Waals surface area contributed by atoms with E-state index in [1.54, 1.807) is 7.11 Å². The van der Waals surface area contributed by atoms with Gasteiger partial charge in [-0.3, -0.25) is 0 Å². The van der Waals surface area contributed by atoms with Gasteiger partial charge in [0.05, 0.1) is 13.7 Å². The SMILES string of the molecule is COc1ccccc1C1CCc2nc(N)nn2C1. The van der Waals surface area contributed by atoms with E-state index in [4.69, 9.17) is 10.5 Å². The van der Waals surface area contributed by atoms with Gasteiger partial charge < -0.3 is 10.5 Å². The first kappa shape index (κ1) is 11.1. The van der Waals surface area contributed by atoms with Gasteiger partial charge in [-0.15, -0.1) is 5.10 Å². The van der Waals surface area contributed by atoms with Crippen molar-refractivity contribution in [3.05, 3.63) is 35.7 Å². The molecular weight excluding hydrogens is 228 g/mol. The fraction of sp³-hybridized carbons (Fsp3) is 0.385. The summed E-state index contributed by atoms with van der Waals surface area (Å²) in [7, 11) is 1.71. The minimum atomic E-state index is 0.366. The molecule has 5 nitrogen and oxygen atoms in total. The molecule has 1 atom stereocenters. The van der Waals surface area contributed by atoms with E-state index in [1.807, 2.05) is 22.9 Å². The number of nitrogens with two attached hydrogens (primary N) is 1. The molecule has 2 aromatic rings. The van der Waals surface area contributed by atoms with Crippen molar-refractivity contribution in [2.45, 2.75) is 25.3 Å². The van der Waals surface area contributed by atoms with Crippen LogP contribution in [0.3, 0.4) is 0 Å². The van der Waals surface area contributed by atoms with E-state index in [-0.39, 0.29) is 0 Å². The number of rotatable bonds is 2. The molecule has 1 unspecified atom stereocenters. The van der Waals surface area contributed by atoms with E-state index in [2.05, 4.69) is 16.1 Å². The van der Waals surface area contributed by atoms with E-state index in [0.717, 1.165) is 31.0 Å². The molecule has 0 aliphatic carbocycles. The van der Waals surface area contributed by atoms with Gasteiger partial charge in [0.2, 0.25) is 5.95 Å². The summed E-state index contributed by atoms with van der Waals surface area (Å²) in [6.07, 6.45) is 1.96. The molecule has 18 heavy (non-hydrogen) atoms. The summed E-state index contributed by atoms with van der Waals surface area (Å²) in [6.45, 7) is 0.819. The average Bonchev–Trinajstić information content (AvgIpc) is 2.77. The first-order valence-electron chi connectivity index (χ1n) is 6.10. The molecule has 94 valence electrons. The molecule has 0 fully saturated rings. The van der Waals surface area contributed by atoms with Crippen LogP contribution < -0.4 is 10.5 Å². The summed E-state index contributed by atoms with van der Waals surface area (Å²) < 4.78 is 7.33.